The van der Waals surface area contributed by atoms with Gasteiger partial charge in [0.15, 0.2) is 0 Å². The van der Waals surface area contributed by atoms with E-state index in [1.807, 2.05) is 23.6 Å². The minimum atomic E-state index is 0.141. The summed E-state index contributed by atoms with van der Waals surface area (Å²) < 4.78 is 0. The number of hydrogen-bond donors (Lipinski definition) is 1. The van der Waals surface area contributed by atoms with E-state index < -0.39 is 0 Å². The summed E-state index contributed by atoms with van der Waals surface area (Å²) in [4.78, 5) is 28.3. The second-order valence-electron chi connectivity index (χ2n) is 7.33. The van der Waals surface area contributed by atoms with Crippen molar-refractivity contribution in [2.24, 2.45) is 5.92 Å². The third-order valence-electron chi connectivity index (χ3n) is 5.67. The van der Waals surface area contributed by atoms with Crippen LogP contribution in [0.15, 0.2) is 0 Å². The molecule has 0 bridgehead atoms. The van der Waals surface area contributed by atoms with Crippen molar-refractivity contribution < 1.29 is 9.59 Å². The molecule has 1 aliphatic heterocycles. The fourth-order valence-electron chi connectivity index (χ4n) is 4.02. The van der Waals surface area contributed by atoms with Crippen LogP contribution in [0.25, 0.3) is 0 Å². The van der Waals surface area contributed by atoms with Crippen LogP contribution in [0.4, 0.5) is 4.79 Å². The maximum atomic E-state index is 12.3. The summed E-state index contributed by atoms with van der Waals surface area (Å²) in [5.41, 5.74) is 0. The van der Waals surface area contributed by atoms with Gasteiger partial charge >= 0.3 is 6.03 Å². The smallest absolute Gasteiger partial charge is 0.319 e. The summed E-state index contributed by atoms with van der Waals surface area (Å²) in [5, 5.41) is 3.18. The van der Waals surface area contributed by atoms with Crippen LogP contribution in [0, 0.1) is 5.92 Å². The third-order valence-corrected chi connectivity index (χ3v) is 5.67. The standard InChI is InChI=1S/C19H35N3O2/c1-3-21(4-2)19(24)22-14-12-17(13-15-22)20-18(23)11-10-16-8-6-5-7-9-16/h16-17H,3-15H2,1-2H3,(H,20,23). The van der Waals surface area contributed by atoms with Crippen LogP contribution in [0.1, 0.15) is 71.6 Å². The van der Waals surface area contributed by atoms with E-state index in [1.165, 1.54) is 32.1 Å². The van der Waals surface area contributed by atoms with Gasteiger partial charge in [0.1, 0.15) is 0 Å². The van der Waals surface area contributed by atoms with E-state index in [-0.39, 0.29) is 18.0 Å². The first-order valence-electron chi connectivity index (χ1n) is 9.97. The molecule has 0 radical (unpaired) electrons. The minimum Gasteiger partial charge on any atom is -0.353 e. The van der Waals surface area contributed by atoms with Gasteiger partial charge in [-0.05, 0) is 39.0 Å². The van der Waals surface area contributed by atoms with Gasteiger partial charge in [0, 0.05) is 38.6 Å². The van der Waals surface area contributed by atoms with Crippen LogP contribution in [-0.4, -0.2) is 54.0 Å². The second-order valence-corrected chi connectivity index (χ2v) is 7.33. The minimum absolute atomic E-state index is 0.141. The molecule has 1 saturated carbocycles. The van der Waals surface area contributed by atoms with E-state index in [0.29, 0.717) is 6.42 Å². The number of hydrogen-bond acceptors (Lipinski definition) is 2. The number of carbonyl (C=O) groups excluding carboxylic acids is 2. The van der Waals surface area contributed by atoms with Crippen LogP contribution >= 0.6 is 0 Å². The highest BCUT2D eigenvalue weighted by atomic mass is 16.2. The lowest BCUT2D eigenvalue weighted by atomic mass is 9.86. The average Bonchev–Trinajstić information content (AvgIpc) is 2.62. The first kappa shape index (κ1) is 19.1. The number of nitrogens with one attached hydrogen (secondary N) is 1. The monoisotopic (exact) mass is 337 g/mol. The molecule has 0 aromatic rings. The van der Waals surface area contributed by atoms with Crippen molar-refractivity contribution in [1.82, 2.24) is 15.1 Å². The van der Waals surface area contributed by atoms with Crippen molar-refractivity contribution in [3.8, 4) is 0 Å². The van der Waals surface area contributed by atoms with Gasteiger partial charge in [-0.15, -0.1) is 0 Å². The highest BCUT2D eigenvalue weighted by Gasteiger charge is 2.26. The highest BCUT2D eigenvalue weighted by Crippen LogP contribution is 2.27. The number of likely N-dealkylation sites (tertiary alicyclic amines) is 1. The van der Waals surface area contributed by atoms with E-state index in [4.69, 9.17) is 0 Å². The molecule has 0 atom stereocenters. The Hall–Kier alpha value is -1.26. The van der Waals surface area contributed by atoms with Gasteiger partial charge in [0.2, 0.25) is 5.91 Å². The summed E-state index contributed by atoms with van der Waals surface area (Å²) in [6.07, 6.45) is 10.1. The number of nitrogens with zero attached hydrogens (tertiary/aromatic N) is 2. The lowest BCUT2D eigenvalue weighted by Gasteiger charge is -2.35. The summed E-state index contributed by atoms with van der Waals surface area (Å²) in [5.74, 6) is 0.965. The van der Waals surface area contributed by atoms with Crippen molar-refractivity contribution in [2.75, 3.05) is 26.2 Å². The lowest BCUT2D eigenvalue weighted by molar-refractivity contribution is -0.122. The molecular formula is C19H35N3O2. The van der Waals surface area contributed by atoms with E-state index in [1.54, 1.807) is 0 Å². The quantitative estimate of drug-likeness (QED) is 0.808. The fourth-order valence-corrected chi connectivity index (χ4v) is 4.02. The number of piperidine rings is 1. The SMILES string of the molecule is CCN(CC)C(=O)N1CCC(NC(=O)CCC2CCCCC2)CC1. The largest absolute Gasteiger partial charge is 0.353 e. The molecule has 1 aliphatic carbocycles. The van der Waals surface area contributed by atoms with E-state index in [2.05, 4.69) is 5.32 Å². The molecule has 2 fully saturated rings. The Balaban J connectivity index is 1.65. The molecule has 5 heteroatoms. The van der Waals surface area contributed by atoms with Gasteiger partial charge in [0.25, 0.3) is 0 Å². The predicted molar refractivity (Wildman–Crippen MR) is 96.9 cm³/mol. The molecule has 1 N–H and O–H groups in total. The zero-order valence-electron chi connectivity index (χ0n) is 15.6. The molecule has 24 heavy (non-hydrogen) atoms. The summed E-state index contributed by atoms with van der Waals surface area (Å²) >= 11 is 0. The number of amides is 3. The first-order chi connectivity index (χ1) is 11.6. The average molecular weight is 338 g/mol. The predicted octanol–water partition coefficient (Wildman–Crippen LogP) is 3.39. The Morgan fingerprint density at radius 2 is 1.62 bits per heavy atom. The molecule has 3 amide bonds. The van der Waals surface area contributed by atoms with Crippen molar-refractivity contribution >= 4 is 11.9 Å². The number of carbonyl (C=O) groups is 2. The van der Waals surface area contributed by atoms with E-state index in [0.717, 1.165) is 51.4 Å². The zero-order chi connectivity index (χ0) is 17.4. The molecular weight excluding hydrogens is 302 g/mol. The van der Waals surface area contributed by atoms with Crippen LogP contribution in [0.2, 0.25) is 0 Å². The zero-order valence-corrected chi connectivity index (χ0v) is 15.6. The Bertz CT molecular complexity index is 395. The Labute approximate surface area is 147 Å². The Kier molecular flexibility index (Phi) is 7.86. The molecule has 138 valence electrons. The molecule has 0 aromatic carbocycles. The molecule has 0 unspecified atom stereocenters. The van der Waals surface area contributed by atoms with Gasteiger partial charge in [-0.1, -0.05) is 32.1 Å². The summed E-state index contributed by atoms with van der Waals surface area (Å²) in [7, 11) is 0. The van der Waals surface area contributed by atoms with Gasteiger partial charge in [-0.2, -0.15) is 0 Å². The third kappa shape index (κ3) is 5.67. The first-order valence-corrected chi connectivity index (χ1v) is 9.97. The van der Waals surface area contributed by atoms with Gasteiger partial charge < -0.3 is 15.1 Å². The normalized spacial score (nSPS) is 20.0. The van der Waals surface area contributed by atoms with Gasteiger partial charge in [0.05, 0.1) is 0 Å². The topological polar surface area (TPSA) is 52.7 Å². The van der Waals surface area contributed by atoms with Crippen molar-refractivity contribution in [3.63, 3.8) is 0 Å². The Morgan fingerprint density at radius 3 is 2.21 bits per heavy atom. The maximum absolute atomic E-state index is 12.3. The highest BCUT2D eigenvalue weighted by molar-refractivity contribution is 5.76. The van der Waals surface area contributed by atoms with Crippen LogP contribution < -0.4 is 5.32 Å². The van der Waals surface area contributed by atoms with Crippen LogP contribution in [-0.2, 0) is 4.79 Å². The van der Waals surface area contributed by atoms with Crippen molar-refractivity contribution in [2.45, 2.75) is 77.7 Å². The molecule has 1 heterocycles. The number of urea groups is 1. The lowest BCUT2D eigenvalue weighted by Crippen LogP contribution is -2.50. The molecule has 2 aliphatic rings. The Morgan fingerprint density at radius 1 is 1.00 bits per heavy atom. The fraction of sp³-hybridized carbons (Fsp3) is 0.895. The van der Waals surface area contributed by atoms with Crippen molar-refractivity contribution in [1.29, 1.82) is 0 Å². The maximum Gasteiger partial charge on any atom is 0.319 e. The molecule has 0 aromatic heterocycles. The van der Waals surface area contributed by atoms with Gasteiger partial charge in [-0.25, -0.2) is 4.79 Å². The number of rotatable bonds is 6. The second kappa shape index (κ2) is 9.90. The summed E-state index contributed by atoms with van der Waals surface area (Å²) in [6.45, 7) is 7.05. The molecule has 0 spiro atoms. The van der Waals surface area contributed by atoms with E-state index in [9.17, 15) is 9.59 Å². The van der Waals surface area contributed by atoms with Gasteiger partial charge in [-0.3, -0.25) is 4.79 Å². The molecule has 5 nitrogen and oxygen atoms in total. The van der Waals surface area contributed by atoms with E-state index >= 15 is 0 Å². The van der Waals surface area contributed by atoms with Crippen molar-refractivity contribution in [3.05, 3.63) is 0 Å². The summed E-state index contributed by atoms with van der Waals surface area (Å²) in [6, 6.07) is 0.381. The molecule has 2 rings (SSSR count). The molecule has 1 saturated heterocycles. The van der Waals surface area contributed by atoms with Crippen LogP contribution in [0.5, 0.6) is 0 Å². The van der Waals surface area contributed by atoms with Crippen LogP contribution in [0.3, 0.4) is 0 Å².